The van der Waals surface area contributed by atoms with Gasteiger partial charge in [-0.1, -0.05) is 6.07 Å². The summed E-state index contributed by atoms with van der Waals surface area (Å²) < 4.78 is 5.55. The second kappa shape index (κ2) is 5.49. The number of hydrogen-bond donors (Lipinski definition) is 3. The van der Waals surface area contributed by atoms with Gasteiger partial charge in [-0.2, -0.15) is 0 Å². The molecular weight excluding hydrogens is 284 g/mol. The summed E-state index contributed by atoms with van der Waals surface area (Å²) in [6.45, 7) is 4.39. The monoisotopic (exact) mass is 304 g/mol. The van der Waals surface area contributed by atoms with Crippen LogP contribution in [0.15, 0.2) is 18.2 Å². The van der Waals surface area contributed by atoms with Crippen LogP contribution in [-0.2, 0) is 0 Å². The molecule has 1 spiro atoms. The second-order valence-corrected chi connectivity index (χ2v) is 5.87. The van der Waals surface area contributed by atoms with E-state index in [0.29, 0.717) is 44.1 Å². The normalized spacial score (nSPS) is 18.6. The van der Waals surface area contributed by atoms with Gasteiger partial charge in [-0.3, -0.25) is 4.79 Å². The van der Waals surface area contributed by atoms with Crippen molar-refractivity contribution in [2.45, 2.75) is 12.5 Å². The topological polar surface area (TPSA) is 96.7 Å². The third-order valence-corrected chi connectivity index (χ3v) is 4.05. The highest BCUT2D eigenvalue weighted by molar-refractivity contribution is 5.96. The first-order chi connectivity index (χ1) is 10.5. The number of ether oxygens (including phenoxy) is 1. The standard InChI is InChI=1S/C15H20N4O3/c1-10-2-3-11(6-12(10)22-5-4-16)13(20)19-8-15(9-19)7-17-14(21)18-15/h2-3,6H,4-5,7-9,16H2,1H3,(H2,17,18,21). The van der Waals surface area contributed by atoms with Gasteiger partial charge in [0.2, 0.25) is 0 Å². The van der Waals surface area contributed by atoms with Gasteiger partial charge in [0.15, 0.2) is 0 Å². The zero-order chi connectivity index (χ0) is 15.7. The summed E-state index contributed by atoms with van der Waals surface area (Å²) in [5.41, 5.74) is 6.70. The van der Waals surface area contributed by atoms with Crippen LogP contribution in [0.5, 0.6) is 5.75 Å². The number of benzene rings is 1. The first kappa shape index (κ1) is 14.6. The number of nitrogens with one attached hydrogen (secondary N) is 2. The van der Waals surface area contributed by atoms with E-state index in [1.54, 1.807) is 17.0 Å². The van der Waals surface area contributed by atoms with Gasteiger partial charge in [0.25, 0.3) is 5.91 Å². The van der Waals surface area contributed by atoms with Crippen LogP contribution in [0.1, 0.15) is 15.9 Å². The molecule has 2 aliphatic heterocycles. The predicted octanol–water partition coefficient (Wildman–Crippen LogP) is -0.160. The van der Waals surface area contributed by atoms with Crippen LogP contribution in [0.25, 0.3) is 0 Å². The minimum atomic E-state index is -0.295. The summed E-state index contributed by atoms with van der Waals surface area (Å²) in [5.74, 6) is 0.631. The fourth-order valence-corrected chi connectivity index (χ4v) is 2.84. The highest BCUT2D eigenvalue weighted by Crippen LogP contribution is 2.27. The van der Waals surface area contributed by atoms with Crippen molar-refractivity contribution in [1.29, 1.82) is 0 Å². The lowest BCUT2D eigenvalue weighted by Gasteiger charge is -2.46. The summed E-state index contributed by atoms with van der Waals surface area (Å²) in [7, 11) is 0. The number of aryl methyl sites for hydroxylation is 1. The molecule has 2 aliphatic rings. The number of nitrogens with two attached hydrogens (primary N) is 1. The van der Waals surface area contributed by atoms with Crippen molar-refractivity contribution < 1.29 is 14.3 Å². The zero-order valence-corrected chi connectivity index (χ0v) is 12.5. The van der Waals surface area contributed by atoms with E-state index in [2.05, 4.69) is 10.6 Å². The molecule has 0 aromatic heterocycles. The number of amides is 3. The lowest BCUT2D eigenvalue weighted by molar-refractivity contribution is 0.0396. The van der Waals surface area contributed by atoms with Crippen molar-refractivity contribution in [3.05, 3.63) is 29.3 Å². The summed E-state index contributed by atoms with van der Waals surface area (Å²) in [5, 5.41) is 5.60. The Morgan fingerprint density at radius 1 is 1.45 bits per heavy atom. The Morgan fingerprint density at radius 3 is 2.86 bits per heavy atom. The maximum Gasteiger partial charge on any atom is 0.315 e. The van der Waals surface area contributed by atoms with Crippen LogP contribution in [-0.4, -0.2) is 55.2 Å². The zero-order valence-electron chi connectivity index (χ0n) is 12.5. The highest BCUT2D eigenvalue weighted by atomic mass is 16.5. The van der Waals surface area contributed by atoms with E-state index >= 15 is 0 Å². The molecule has 2 heterocycles. The lowest BCUT2D eigenvalue weighted by Crippen LogP contribution is -2.70. The van der Waals surface area contributed by atoms with Gasteiger partial charge in [0.05, 0.1) is 5.54 Å². The van der Waals surface area contributed by atoms with E-state index in [-0.39, 0.29) is 17.5 Å². The number of carbonyl (C=O) groups is 2. The number of nitrogens with zero attached hydrogens (tertiary/aromatic N) is 1. The van der Waals surface area contributed by atoms with E-state index < -0.39 is 0 Å². The minimum absolute atomic E-state index is 0.0515. The molecule has 0 bridgehead atoms. The smallest absolute Gasteiger partial charge is 0.315 e. The molecule has 7 nitrogen and oxygen atoms in total. The molecule has 1 aromatic rings. The molecule has 0 radical (unpaired) electrons. The van der Waals surface area contributed by atoms with Crippen LogP contribution >= 0.6 is 0 Å². The average Bonchev–Trinajstić information content (AvgIpc) is 2.86. The predicted molar refractivity (Wildman–Crippen MR) is 80.9 cm³/mol. The van der Waals surface area contributed by atoms with Crippen LogP contribution < -0.4 is 21.1 Å². The number of rotatable bonds is 4. The third-order valence-electron chi connectivity index (χ3n) is 4.05. The molecule has 0 atom stereocenters. The van der Waals surface area contributed by atoms with Crippen LogP contribution in [0.4, 0.5) is 4.79 Å². The molecular formula is C15H20N4O3. The fourth-order valence-electron chi connectivity index (χ4n) is 2.84. The van der Waals surface area contributed by atoms with Gasteiger partial charge in [0, 0.05) is 31.7 Å². The summed E-state index contributed by atoms with van der Waals surface area (Å²) in [4.78, 5) is 25.5. The van der Waals surface area contributed by atoms with Gasteiger partial charge in [0.1, 0.15) is 12.4 Å². The van der Waals surface area contributed by atoms with E-state index in [1.165, 1.54) is 0 Å². The van der Waals surface area contributed by atoms with Gasteiger partial charge in [-0.05, 0) is 24.6 Å². The van der Waals surface area contributed by atoms with Gasteiger partial charge in [-0.25, -0.2) is 4.79 Å². The van der Waals surface area contributed by atoms with Crippen LogP contribution in [0, 0.1) is 6.92 Å². The third kappa shape index (κ3) is 2.59. The second-order valence-electron chi connectivity index (χ2n) is 5.87. The Hall–Kier alpha value is -2.28. The fraction of sp³-hybridized carbons (Fsp3) is 0.467. The largest absolute Gasteiger partial charge is 0.492 e. The number of carbonyl (C=O) groups excluding carboxylic acids is 2. The average molecular weight is 304 g/mol. The van der Waals surface area contributed by atoms with Gasteiger partial charge in [-0.15, -0.1) is 0 Å². The van der Waals surface area contributed by atoms with Gasteiger partial charge < -0.3 is 26.0 Å². The number of urea groups is 1. The number of hydrogen-bond acceptors (Lipinski definition) is 4. The maximum absolute atomic E-state index is 12.5. The maximum atomic E-state index is 12.5. The summed E-state index contributed by atoms with van der Waals surface area (Å²) >= 11 is 0. The van der Waals surface area contributed by atoms with Crippen molar-refractivity contribution in [3.63, 3.8) is 0 Å². The molecule has 1 aromatic carbocycles. The van der Waals surface area contributed by atoms with Crippen LogP contribution in [0.2, 0.25) is 0 Å². The molecule has 0 unspecified atom stereocenters. The van der Waals surface area contributed by atoms with E-state index in [9.17, 15) is 9.59 Å². The summed E-state index contributed by atoms with van der Waals surface area (Å²) in [6, 6.07) is 5.25. The van der Waals surface area contributed by atoms with E-state index in [4.69, 9.17) is 10.5 Å². The first-order valence-electron chi connectivity index (χ1n) is 7.32. The first-order valence-corrected chi connectivity index (χ1v) is 7.32. The summed E-state index contributed by atoms with van der Waals surface area (Å²) in [6.07, 6.45) is 0. The Bertz CT molecular complexity index is 611. The molecule has 118 valence electrons. The molecule has 7 heteroatoms. The van der Waals surface area contributed by atoms with Crippen molar-refractivity contribution in [1.82, 2.24) is 15.5 Å². The molecule has 3 amide bonds. The Labute approximate surface area is 128 Å². The van der Waals surface area contributed by atoms with Crippen molar-refractivity contribution in [2.75, 3.05) is 32.8 Å². The lowest BCUT2D eigenvalue weighted by atomic mass is 9.90. The Balaban J connectivity index is 1.67. The molecule has 4 N–H and O–H groups in total. The molecule has 0 aliphatic carbocycles. The Kier molecular flexibility index (Phi) is 3.66. The molecule has 2 fully saturated rings. The van der Waals surface area contributed by atoms with Gasteiger partial charge >= 0.3 is 6.03 Å². The SMILES string of the molecule is Cc1ccc(C(=O)N2CC3(CNC(=O)N3)C2)cc1OCCN. The Morgan fingerprint density at radius 2 is 2.23 bits per heavy atom. The minimum Gasteiger partial charge on any atom is -0.492 e. The molecule has 2 saturated heterocycles. The molecule has 22 heavy (non-hydrogen) atoms. The van der Waals surface area contributed by atoms with Crippen LogP contribution in [0.3, 0.4) is 0 Å². The van der Waals surface area contributed by atoms with Crippen molar-refractivity contribution in [3.8, 4) is 5.75 Å². The molecule has 3 rings (SSSR count). The number of likely N-dealkylation sites (tertiary alicyclic amines) is 1. The van der Waals surface area contributed by atoms with Crippen molar-refractivity contribution >= 4 is 11.9 Å². The quantitative estimate of drug-likeness (QED) is 0.720. The van der Waals surface area contributed by atoms with E-state index in [1.807, 2.05) is 13.0 Å². The molecule has 0 saturated carbocycles. The van der Waals surface area contributed by atoms with Crippen molar-refractivity contribution in [2.24, 2.45) is 5.73 Å². The highest BCUT2D eigenvalue weighted by Gasteiger charge is 2.49. The van der Waals surface area contributed by atoms with E-state index in [0.717, 1.165) is 5.56 Å².